The molecule has 3 heterocycles. The highest BCUT2D eigenvalue weighted by atomic mass is 127. The predicted molar refractivity (Wildman–Crippen MR) is 121 cm³/mol. The lowest BCUT2D eigenvalue weighted by molar-refractivity contribution is -0.156. The summed E-state index contributed by atoms with van der Waals surface area (Å²) in [6.07, 6.45) is 3.40. The molecule has 0 bridgehead atoms. The van der Waals surface area contributed by atoms with E-state index in [1.807, 2.05) is 27.5 Å². The number of carbonyl (C=O) groups excluding carboxylic acids is 5. The predicted octanol–water partition coefficient (Wildman–Crippen LogP) is 1.43. The summed E-state index contributed by atoms with van der Waals surface area (Å²) < 4.78 is 5.88. The SMILES string of the molecule is O=C(CN1CCCCC1)OCCN1C(=O)CCC(N2C(=O)c3cccc(I)c3C2=O)C1=O. The van der Waals surface area contributed by atoms with E-state index in [4.69, 9.17) is 4.74 Å². The van der Waals surface area contributed by atoms with E-state index in [-0.39, 0.29) is 38.1 Å². The second-order valence-corrected chi connectivity index (χ2v) is 9.30. The number of esters is 1. The minimum Gasteiger partial charge on any atom is -0.463 e. The molecule has 170 valence electrons. The van der Waals surface area contributed by atoms with E-state index in [0.29, 0.717) is 9.13 Å². The lowest BCUT2D eigenvalue weighted by atomic mass is 10.0. The maximum atomic E-state index is 13.1. The second-order valence-electron chi connectivity index (χ2n) is 8.14. The number of hydrogen-bond acceptors (Lipinski definition) is 7. The standard InChI is InChI=1S/C22H24IN3O6/c23-15-6-4-5-14-19(15)22(31)26(20(14)29)16-7-8-17(27)25(21(16)30)11-12-32-18(28)13-24-9-2-1-3-10-24/h4-6,16H,1-3,7-13H2. The molecule has 3 aliphatic heterocycles. The van der Waals surface area contributed by atoms with Gasteiger partial charge in [0.1, 0.15) is 12.6 Å². The first-order valence-electron chi connectivity index (χ1n) is 10.8. The number of piperidine rings is 2. The van der Waals surface area contributed by atoms with E-state index >= 15 is 0 Å². The van der Waals surface area contributed by atoms with Crippen LogP contribution in [-0.4, -0.2) is 83.1 Å². The quantitative estimate of drug-likeness (QED) is 0.298. The molecule has 32 heavy (non-hydrogen) atoms. The maximum absolute atomic E-state index is 13.1. The molecule has 1 unspecified atom stereocenters. The van der Waals surface area contributed by atoms with Crippen LogP contribution in [0.5, 0.6) is 0 Å². The van der Waals surface area contributed by atoms with Crippen LogP contribution in [0.3, 0.4) is 0 Å². The molecule has 0 spiro atoms. The molecule has 10 heteroatoms. The molecule has 4 rings (SSSR count). The minimum atomic E-state index is -1.04. The van der Waals surface area contributed by atoms with E-state index in [0.717, 1.165) is 42.2 Å². The summed E-state index contributed by atoms with van der Waals surface area (Å²) >= 11 is 1.99. The van der Waals surface area contributed by atoms with Gasteiger partial charge in [0.25, 0.3) is 17.7 Å². The highest BCUT2D eigenvalue weighted by Gasteiger charge is 2.47. The van der Waals surface area contributed by atoms with E-state index in [1.54, 1.807) is 18.2 Å². The summed E-state index contributed by atoms with van der Waals surface area (Å²) in [4.78, 5) is 67.3. The van der Waals surface area contributed by atoms with E-state index < -0.39 is 35.6 Å². The Morgan fingerprint density at radius 1 is 1.06 bits per heavy atom. The van der Waals surface area contributed by atoms with Crippen LogP contribution in [-0.2, 0) is 19.1 Å². The Kier molecular flexibility index (Phi) is 6.89. The zero-order valence-electron chi connectivity index (χ0n) is 17.5. The molecule has 0 aliphatic carbocycles. The Balaban J connectivity index is 1.37. The highest BCUT2D eigenvalue weighted by molar-refractivity contribution is 14.1. The summed E-state index contributed by atoms with van der Waals surface area (Å²) in [5.41, 5.74) is 0.561. The van der Waals surface area contributed by atoms with Crippen LogP contribution < -0.4 is 0 Å². The molecule has 9 nitrogen and oxygen atoms in total. The number of rotatable bonds is 6. The third-order valence-electron chi connectivity index (χ3n) is 6.07. The number of halogens is 1. The molecule has 1 aromatic rings. The number of ether oxygens (including phenoxy) is 1. The maximum Gasteiger partial charge on any atom is 0.320 e. The lowest BCUT2D eigenvalue weighted by Gasteiger charge is -2.34. The van der Waals surface area contributed by atoms with Gasteiger partial charge in [0.2, 0.25) is 5.91 Å². The van der Waals surface area contributed by atoms with Crippen LogP contribution in [0.1, 0.15) is 52.8 Å². The molecule has 0 radical (unpaired) electrons. The third-order valence-corrected chi connectivity index (χ3v) is 6.97. The van der Waals surface area contributed by atoms with Crippen molar-refractivity contribution in [3.8, 4) is 0 Å². The van der Waals surface area contributed by atoms with Gasteiger partial charge in [-0.05, 0) is 67.1 Å². The van der Waals surface area contributed by atoms with Gasteiger partial charge in [-0.2, -0.15) is 0 Å². The molecule has 2 saturated heterocycles. The smallest absolute Gasteiger partial charge is 0.320 e. The van der Waals surface area contributed by atoms with Crippen LogP contribution >= 0.6 is 22.6 Å². The molecular formula is C22H24IN3O6. The van der Waals surface area contributed by atoms with E-state index in [1.165, 1.54) is 0 Å². The molecular weight excluding hydrogens is 529 g/mol. The molecule has 1 atom stereocenters. The fraction of sp³-hybridized carbons (Fsp3) is 0.500. The molecule has 2 fully saturated rings. The Labute approximate surface area is 199 Å². The molecule has 3 aliphatic rings. The average Bonchev–Trinajstić information content (AvgIpc) is 3.03. The van der Waals surface area contributed by atoms with Gasteiger partial charge in [0.15, 0.2) is 0 Å². The Morgan fingerprint density at radius 3 is 2.53 bits per heavy atom. The molecule has 0 saturated carbocycles. The zero-order chi connectivity index (χ0) is 22.8. The molecule has 0 aromatic heterocycles. The van der Waals surface area contributed by atoms with Crippen molar-refractivity contribution in [2.24, 2.45) is 0 Å². The van der Waals surface area contributed by atoms with E-state index in [9.17, 15) is 24.0 Å². The van der Waals surface area contributed by atoms with Crippen molar-refractivity contribution in [3.05, 3.63) is 32.9 Å². The van der Waals surface area contributed by atoms with Gasteiger partial charge in [-0.1, -0.05) is 12.5 Å². The van der Waals surface area contributed by atoms with Gasteiger partial charge in [-0.15, -0.1) is 0 Å². The summed E-state index contributed by atoms with van der Waals surface area (Å²) in [5.74, 6) is -2.45. The summed E-state index contributed by atoms with van der Waals surface area (Å²) in [6.45, 7) is 1.70. The van der Waals surface area contributed by atoms with Gasteiger partial charge in [-0.25, -0.2) is 0 Å². The first-order chi connectivity index (χ1) is 15.4. The first-order valence-corrected chi connectivity index (χ1v) is 11.8. The monoisotopic (exact) mass is 553 g/mol. The summed E-state index contributed by atoms with van der Waals surface area (Å²) in [5, 5.41) is 0. The van der Waals surface area contributed by atoms with Crippen molar-refractivity contribution in [2.75, 3.05) is 32.8 Å². The number of fused-ring (bicyclic) bond motifs is 1. The number of imide groups is 2. The van der Waals surface area contributed by atoms with Gasteiger partial charge < -0.3 is 4.74 Å². The van der Waals surface area contributed by atoms with Crippen molar-refractivity contribution >= 4 is 52.2 Å². The van der Waals surface area contributed by atoms with Crippen LogP contribution in [0.25, 0.3) is 0 Å². The van der Waals surface area contributed by atoms with Gasteiger partial charge in [-0.3, -0.25) is 38.7 Å². The number of benzene rings is 1. The van der Waals surface area contributed by atoms with Gasteiger partial charge in [0.05, 0.1) is 24.2 Å². The summed E-state index contributed by atoms with van der Waals surface area (Å²) in [6, 6.07) is 3.94. The van der Waals surface area contributed by atoms with Crippen molar-refractivity contribution < 1.29 is 28.7 Å². The molecule has 0 N–H and O–H groups in total. The largest absolute Gasteiger partial charge is 0.463 e. The third kappa shape index (κ3) is 4.42. The van der Waals surface area contributed by atoms with Crippen LogP contribution in [0, 0.1) is 3.57 Å². The van der Waals surface area contributed by atoms with Gasteiger partial charge >= 0.3 is 5.97 Å². The van der Waals surface area contributed by atoms with Crippen LogP contribution in [0.4, 0.5) is 0 Å². The Morgan fingerprint density at radius 2 is 1.81 bits per heavy atom. The zero-order valence-corrected chi connectivity index (χ0v) is 19.7. The van der Waals surface area contributed by atoms with Gasteiger partial charge in [0, 0.05) is 9.99 Å². The van der Waals surface area contributed by atoms with E-state index in [2.05, 4.69) is 0 Å². The number of hydrogen-bond donors (Lipinski definition) is 0. The number of carbonyl (C=O) groups is 5. The van der Waals surface area contributed by atoms with Crippen molar-refractivity contribution in [1.29, 1.82) is 0 Å². The minimum absolute atomic E-state index is 0.0304. The van der Waals surface area contributed by atoms with Crippen molar-refractivity contribution in [1.82, 2.24) is 14.7 Å². The molecule has 4 amide bonds. The molecule has 1 aromatic carbocycles. The fourth-order valence-electron chi connectivity index (χ4n) is 4.44. The van der Waals surface area contributed by atoms with Crippen LogP contribution in [0.15, 0.2) is 18.2 Å². The van der Waals surface area contributed by atoms with Crippen LogP contribution in [0.2, 0.25) is 0 Å². The number of likely N-dealkylation sites (tertiary alicyclic amines) is 2. The van der Waals surface area contributed by atoms with Crippen molar-refractivity contribution in [2.45, 2.75) is 38.1 Å². The average molecular weight is 553 g/mol. The topological polar surface area (TPSA) is 104 Å². The highest BCUT2D eigenvalue weighted by Crippen LogP contribution is 2.31. The number of amides is 4. The Hall–Kier alpha value is -2.34. The first kappa shape index (κ1) is 22.8. The Bertz CT molecular complexity index is 974. The summed E-state index contributed by atoms with van der Waals surface area (Å²) in [7, 11) is 0. The van der Waals surface area contributed by atoms with Crippen molar-refractivity contribution in [3.63, 3.8) is 0 Å². The lowest BCUT2D eigenvalue weighted by Crippen LogP contribution is -2.56. The number of nitrogens with zero attached hydrogens (tertiary/aromatic N) is 3. The fourth-order valence-corrected chi connectivity index (χ4v) is 5.17. The normalized spacial score (nSPS) is 21.8. The second kappa shape index (κ2) is 9.65.